The van der Waals surface area contributed by atoms with E-state index in [1.54, 1.807) is 0 Å². The zero-order chi connectivity index (χ0) is 27.6. The lowest BCUT2D eigenvalue weighted by Crippen LogP contribution is -2.32. The Morgan fingerprint density at radius 3 is 1.49 bits per heavy atom. The summed E-state index contributed by atoms with van der Waals surface area (Å²) < 4.78 is 4.44. The van der Waals surface area contributed by atoms with Gasteiger partial charge in [-0.1, -0.05) is 12.1 Å². The van der Waals surface area contributed by atoms with E-state index in [-0.39, 0.29) is 23.4 Å². The number of rotatable bonds is 6. The van der Waals surface area contributed by atoms with Crippen LogP contribution in [0.4, 0.5) is 0 Å². The quantitative estimate of drug-likeness (QED) is 0.361. The Morgan fingerprint density at radius 2 is 1.10 bits per heavy atom. The topological polar surface area (TPSA) is 50.5 Å². The molecule has 0 aliphatic heterocycles. The van der Waals surface area contributed by atoms with Crippen molar-refractivity contribution < 1.29 is 9.59 Å². The number of fused-ring (bicyclic) bond motifs is 6. The fraction of sp³-hybridized carbons (Fsp3) is 0.455. The lowest BCUT2D eigenvalue weighted by Gasteiger charge is -2.24. The molecule has 39 heavy (non-hydrogen) atoms. The summed E-state index contributed by atoms with van der Waals surface area (Å²) in [4.78, 5) is 31.4. The second kappa shape index (κ2) is 9.76. The fourth-order valence-corrected chi connectivity index (χ4v) is 7.20. The number of nitrogens with zero attached hydrogens (tertiary/aromatic N) is 4. The maximum atomic E-state index is 13.6. The maximum absolute atomic E-state index is 13.6. The fourth-order valence-electron chi connectivity index (χ4n) is 7.20. The summed E-state index contributed by atoms with van der Waals surface area (Å²) in [6, 6.07) is 13.2. The maximum Gasteiger partial charge on any atom is 0.169 e. The van der Waals surface area contributed by atoms with Crippen LogP contribution < -0.4 is 0 Å². The lowest BCUT2D eigenvalue weighted by molar-refractivity contribution is 0.0871. The largest absolute Gasteiger partial charge is 0.347 e. The van der Waals surface area contributed by atoms with Crippen LogP contribution in [-0.4, -0.2) is 71.8 Å². The third kappa shape index (κ3) is 4.34. The number of carbonyl (C=O) groups excluding carboxylic acids is 2. The minimum Gasteiger partial charge on any atom is -0.347 e. The standard InChI is InChI=1S/C33H40N4O2/c1-34(2)18-22-9-13-28-30(32(22)38)24-16-20(7-11-26(24)36(28)5)15-21-8-12-27-25(17-21)31-29(37(27)6)14-10-23(33(31)39)19-35(3)4/h7-8,11-12,16-17,22-23H,9-10,13-15,18-19H2,1-6H3. The first-order valence-corrected chi connectivity index (χ1v) is 14.2. The van der Waals surface area contributed by atoms with Crippen LogP contribution in [0.5, 0.6) is 0 Å². The van der Waals surface area contributed by atoms with Crippen molar-refractivity contribution in [2.75, 3.05) is 41.3 Å². The molecular formula is C33H40N4O2. The monoisotopic (exact) mass is 524 g/mol. The Hall–Kier alpha value is -3.22. The van der Waals surface area contributed by atoms with Crippen molar-refractivity contribution in [3.05, 3.63) is 70.0 Å². The molecule has 2 atom stereocenters. The summed E-state index contributed by atoms with van der Waals surface area (Å²) >= 11 is 0. The normalized spacial score (nSPS) is 19.5. The van der Waals surface area contributed by atoms with Gasteiger partial charge in [0.05, 0.1) is 0 Å². The van der Waals surface area contributed by atoms with Gasteiger partial charge in [0, 0.05) is 83.3 Å². The first kappa shape index (κ1) is 26.0. The van der Waals surface area contributed by atoms with Gasteiger partial charge in [-0.2, -0.15) is 0 Å². The molecule has 6 nitrogen and oxygen atoms in total. The first-order valence-electron chi connectivity index (χ1n) is 14.2. The van der Waals surface area contributed by atoms with E-state index < -0.39 is 0 Å². The van der Waals surface area contributed by atoms with E-state index in [9.17, 15) is 9.59 Å². The number of aryl methyl sites for hydroxylation is 2. The van der Waals surface area contributed by atoms with Gasteiger partial charge >= 0.3 is 0 Å². The highest BCUT2D eigenvalue weighted by atomic mass is 16.1. The second-order valence-corrected chi connectivity index (χ2v) is 12.4. The van der Waals surface area contributed by atoms with E-state index >= 15 is 0 Å². The van der Waals surface area contributed by atoms with Gasteiger partial charge in [0.25, 0.3) is 0 Å². The number of carbonyl (C=O) groups is 2. The SMILES string of the molecule is CN(C)CC1CCc2c(c3cc(Cc4ccc5c(c4)c4c(n5C)CCC(CN(C)C)C4=O)ccc3n2C)C1=O. The predicted octanol–water partition coefficient (Wildman–Crippen LogP) is 4.87. The highest BCUT2D eigenvalue weighted by molar-refractivity contribution is 6.12. The van der Waals surface area contributed by atoms with Crippen LogP contribution in [0.2, 0.25) is 0 Å². The van der Waals surface area contributed by atoms with Crippen LogP contribution in [0.3, 0.4) is 0 Å². The van der Waals surface area contributed by atoms with Crippen molar-refractivity contribution in [2.24, 2.45) is 25.9 Å². The van der Waals surface area contributed by atoms with E-state index in [1.807, 2.05) is 28.2 Å². The van der Waals surface area contributed by atoms with E-state index in [0.717, 1.165) is 78.1 Å². The van der Waals surface area contributed by atoms with Gasteiger partial charge in [0.2, 0.25) is 0 Å². The van der Waals surface area contributed by atoms with Crippen LogP contribution in [0.15, 0.2) is 36.4 Å². The minimum atomic E-state index is 0.0577. The Kier molecular flexibility index (Phi) is 6.51. The van der Waals surface area contributed by atoms with Crippen molar-refractivity contribution >= 4 is 33.4 Å². The predicted molar refractivity (Wildman–Crippen MR) is 158 cm³/mol. The van der Waals surface area contributed by atoms with Gasteiger partial charge in [0.15, 0.2) is 11.6 Å². The summed E-state index contributed by atoms with van der Waals surface area (Å²) in [5, 5.41) is 2.16. The summed E-state index contributed by atoms with van der Waals surface area (Å²) in [7, 11) is 12.4. The zero-order valence-electron chi connectivity index (χ0n) is 24.2. The zero-order valence-corrected chi connectivity index (χ0v) is 24.2. The van der Waals surface area contributed by atoms with Crippen molar-refractivity contribution in [3.63, 3.8) is 0 Å². The average molecular weight is 525 g/mol. The number of aromatic nitrogens is 2. The molecule has 0 spiro atoms. The number of Topliss-reactive ketones (excluding diaryl/α,β-unsaturated/α-hetero) is 2. The van der Waals surface area contributed by atoms with Gasteiger partial charge in [-0.05, 0) is 95.7 Å². The summed E-state index contributed by atoms with van der Waals surface area (Å²) in [5.41, 5.74) is 8.85. The second-order valence-electron chi connectivity index (χ2n) is 12.4. The molecule has 0 saturated carbocycles. The summed E-state index contributed by atoms with van der Waals surface area (Å²) in [6.07, 6.45) is 4.48. The van der Waals surface area contributed by atoms with Crippen LogP contribution in [0.25, 0.3) is 21.8 Å². The highest BCUT2D eigenvalue weighted by Crippen LogP contribution is 2.37. The average Bonchev–Trinajstić information content (AvgIpc) is 3.33. The number of hydrogen-bond donors (Lipinski definition) is 0. The number of benzene rings is 2. The van der Waals surface area contributed by atoms with Gasteiger partial charge in [-0.15, -0.1) is 0 Å². The van der Waals surface area contributed by atoms with Crippen molar-refractivity contribution in [1.82, 2.24) is 18.9 Å². The molecular weight excluding hydrogens is 484 g/mol. The Labute approximate surface area is 231 Å². The van der Waals surface area contributed by atoms with Gasteiger partial charge < -0.3 is 18.9 Å². The molecule has 2 aliphatic carbocycles. The van der Waals surface area contributed by atoms with E-state index in [2.05, 4.69) is 69.4 Å². The van der Waals surface area contributed by atoms with Crippen molar-refractivity contribution in [1.29, 1.82) is 0 Å². The molecule has 0 fully saturated rings. The van der Waals surface area contributed by atoms with E-state index in [4.69, 9.17) is 0 Å². The minimum absolute atomic E-state index is 0.0577. The molecule has 2 aliphatic rings. The van der Waals surface area contributed by atoms with E-state index in [0.29, 0.717) is 0 Å². The number of hydrogen-bond acceptors (Lipinski definition) is 4. The number of ketones is 2. The van der Waals surface area contributed by atoms with E-state index in [1.165, 1.54) is 22.5 Å². The van der Waals surface area contributed by atoms with Crippen molar-refractivity contribution in [3.8, 4) is 0 Å². The highest BCUT2D eigenvalue weighted by Gasteiger charge is 2.33. The summed E-state index contributed by atoms with van der Waals surface area (Å²) in [6.45, 7) is 1.59. The van der Waals surface area contributed by atoms with Crippen LogP contribution in [-0.2, 0) is 33.4 Å². The molecule has 2 unspecified atom stereocenters. The first-order chi connectivity index (χ1) is 18.6. The molecule has 0 saturated heterocycles. The molecule has 0 bridgehead atoms. The third-order valence-electron chi connectivity index (χ3n) is 9.04. The van der Waals surface area contributed by atoms with Gasteiger partial charge in [-0.3, -0.25) is 9.59 Å². The molecule has 4 aromatic rings. The third-order valence-corrected chi connectivity index (χ3v) is 9.04. The molecule has 0 amide bonds. The molecule has 2 aromatic heterocycles. The summed E-state index contributed by atoms with van der Waals surface area (Å²) in [5.74, 6) is 0.691. The molecule has 2 heterocycles. The Balaban J connectivity index is 1.36. The smallest absolute Gasteiger partial charge is 0.169 e. The molecule has 0 N–H and O–H groups in total. The molecule has 6 rings (SSSR count). The van der Waals surface area contributed by atoms with Crippen LogP contribution >= 0.6 is 0 Å². The van der Waals surface area contributed by atoms with Gasteiger partial charge in [0.1, 0.15) is 0 Å². The van der Waals surface area contributed by atoms with Crippen molar-refractivity contribution in [2.45, 2.75) is 32.1 Å². The molecule has 204 valence electrons. The van der Waals surface area contributed by atoms with Crippen LogP contribution in [0, 0.1) is 11.8 Å². The molecule has 6 heteroatoms. The Bertz CT molecular complexity index is 1500. The Morgan fingerprint density at radius 1 is 0.692 bits per heavy atom. The molecule has 2 aromatic carbocycles. The molecule has 0 radical (unpaired) electrons. The lowest BCUT2D eigenvalue weighted by atomic mass is 9.84. The van der Waals surface area contributed by atoms with Crippen LogP contribution in [0.1, 0.15) is 56.1 Å². The van der Waals surface area contributed by atoms with Gasteiger partial charge in [-0.25, -0.2) is 0 Å².